The fraction of sp³-hybridized carbons (Fsp3) is 0.300. The lowest BCUT2D eigenvalue weighted by Gasteiger charge is -2.10. The Balaban J connectivity index is 1.77. The Morgan fingerprint density at radius 3 is 2.37 bits per heavy atom. The van der Waals surface area contributed by atoms with Gasteiger partial charge in [0, 0.05) is 30.6 Å². The van der Waals surface area contributed by atoms with Gasteiger partial charge in [-0.3, -0.25) is 9.59 Å². The highest BCUT2D eigenvalue weighted by molar-refractivity contribution is 5.94. The zero-order valence-corrected chi connectivity index (χ0v) is 15.6. The van der Waals surface area contributed by atoms with Crippen LogP contribution < -0.4 is 20.7 Å². The first-order valence-electron chi connectivity index (χ1n) is 8.79. The molecule has 7 heteroatoms. The monoisotopic (exact) mass is 371 g/mol. The molecule has 144 valence electrons. The third kappa shape index (κ3) is 7.79. The van der Waals surface area contributed by atoms with E-state index in [1.54, 1.807) is 42.5 Å². The Morgan fingerprint density at radius 2 is 1.67 bits per heavy atom. The maximum atomic E-state index is 12.1. The van der Waals surface area contributed by atoms with Crippen molar-refractivity contribution in [3.63, 3.8) is 0 Å². The van der Waals surface area contributed by atoms with Gasteiger partial charge in [0.05, 0.1) is 13.2 Å². The third-order valence-electron chi connectivity index (χ3n) is 3.47. The summed E-state index contributed by atoms with van der Waals surface area (Å²) in [6.07, 6.45) is 0. The summed E-state index contributed by atoms with van der Waals surface area (Å²) in [6, 6.07) is 14.3. The summed E-state index contributed by atoms with van der Waals surface area (Å²) in [5, 5.41) is 8.54. The van der Waals surface area contributed by atoms with Crippen molar-refractivity contribution in [3.05, 3.63) is 48.5 Å². The molecule has 3 N–H and O–H groups in total. The topological polar surface area (TPSA) is 88.7 Å². The Hall–Kier alpha value is -3.06. The van der Waals surface area contributed by atoms with E-state index in [0.717, 1.165) is 11.4 Å². The zero-order valence-electron chi connectivity index (χ0n) is 15.6. The molecule has 0 aliphatic carbocycles. The number of hydrogen-bond donors (Lipinski definition) is 3. The third-order valence-corrected chi connectivity index (χ3v) is 3.47. The van der Waals surface area contributed by atoms with Gasteiger partial charge in [-0.2, -0.15) is 0 Å². The van der Waals surface area contributed by atoms with Crippen molar-refractivity contribution in [3.8, 4) is 5.75 Å². The van der Waals surface area contributed by atoms with E-state index in [1.165, 1.54) is 6.92 Å². The van der Waals surface area contributed by atoms with E-state index in [2.05, 4.69) is 16.0 Å². The second kappa shape index (κ2) is 10.8. The molecule has 2 aromatic carbocycles. The van der Waals surface area contributed by atoms with Gasteiger partial charge in [-0.15, -0.1) is 0 Å². The molecule has 0 unspecified atom stereocenters. The van der Waals surface area contributed by atoms with Crippen LogP contribution in [0.15, 0.2) is 48.5 Å². The highest BCUT2D eigenvalue weighted by atomic mass is 16.5. The molecule has 0 atom stereocenters. The first-order valence-corrected chi connectivity index (χ1v) is 8.79. The summed E-state index contributed by atoms with van der Waals surface area (Å²) in [5.74, 6) is 0.403. The highest BCUT2D eigenvalue weighted by Gasteiger charge is 2.04. The van der Waals surface area contributed by atoms with E-state index in [4.69, 9.17) is 9.47 Å². The van der Waals surface area contributed by atoms with E-state index in [9.17, 15) is 9.59 Å². The molecule has 0 radical (unpaired) electrons. The second-order valence-corrected chi connectivity index (χ2v) is 5.73. The van der Waals surface area contributed by atoms with Gasteiger partial charge in [-0.05, 0) is 49.4 Å². The van der Waals surface area contributed by atoms with E-state index in [-0.39, 0.29) is 18.4 Å². The maximum Gasteiger partial charge on any atom is 0.243 e. The predicted molar refractivity (Wildman–Crippen MR) is 106 cm³/mol. The number of benzene rings is 2. The molecule has 2 rings (SSSR count). The lowest BCUT2D eigenvalue weighted by molar-refractivity contribution is -0.115. The van der Waals surface area contributed by atoms with Crippen LogP contribution in [0.1, 0.15) is 13.8 Å². The van der Waals surface area contributed by atoms with Crippen molar-refractivity contribution in [2.24, 2.45) is 0 Å². The van der Waals surface area contributed by atoms with Gasteiger partial charge >= 0.3 is 0 Å². The predicted octanol–water partition coefficient (Wildman–Crippen LogP) is 3.11. The molecule has 0 aromatic heterocycles. The summed E-state index contributed by atoms with van der Waals surface area (Å²) in [4.78, 5) is 23.2. The van der Waals surface area contributed by atoms with Gasteiger partial charge in [0.15, 0.2) is 0 Å². The van der Waals surface area contributed by atoms with Crippen LogP contribution in [0, 0.1) is 0 Å². The molecular formula is C20H25N3O4. The number of carbonyl (C=O) groups is 2. The number of carbonyl (C=O) groups excluding carboxylic acids is 2. The fourth-order valence-electron chi connectivity index (χ4n) is 2.29. The van der Waals surface area contributed by atoms with Crippen LogP contribution in [0.4, 0.5) is 17.1 Å². The van der Waals surface area contributed by atoms with Gasteiger partial charge in [0.25, 0.3) is 0 Å². The van der Waals surface area contributed by atoms with Gasteiger partial charge in [0.2, 0.25) is 11.8 Å². The molecule has 27 heavy (non-hydrogen) atoms. The van der Waals surface area contributed by atoms with E-state index < -0.39 is 0 Å². The molecular weight excluding hydrogens is 346 g/mol. The summed E-state index contributed by atoms with van der Waals surface area (Å²) >= 11 is 0. The molecule has 0 saturated carbocycles. The summed E-state index contributed by atoms with van der Waals surface area (Å²) in [5.41, 5.74) is 2.10. The van der Waals surface area contributed by atoms with Gasteiger partial charge in [-0.1, -0.05) is 6.07 Å². The molecule has 2 amide bonds. The molecule has 0 fully saturated rings. The van der Waals surface area contributed by atoms with Crippen molar-refractivity contribution < 1.29 is 19.1 Å². The number of hydrogen-bond acceptors (Lipinski definition) is 5. The normalized spacial score (nSPS) is 10.1. The largest absolute Gasteiger partial charge is 0.491 e. The van der Waals surface area contributed by atoms with Crippen LogP contribution in [0.3, 0.4) is 0 Å². The molecule has 0 spiro atoms. The lowest BCUT2D eigenvalue weighted by Crippen LogP contribution is -2.21. The van der Waals surface area contributed by atoms with Crippen molar-refractivity contribution in [2.45, 2.75) is 13.8 Å². The molecule has 7 nitrogen and oxygen atoms in total. The van der Waals surface area contributed by atoms with E-state index >= 15 is 0 Å². The Kier molecular flexibility index (Phi) is 8.12. The Morgan fingerprint density at radius 1 is 0.926 bits per heavy atom. The van der Waals surface area contributed by atoms with Crippen LogP contribution in [-0.2, 0) is 14.3 Å². The van der Waals surface area contributed by atoms with Gasteiger partial charge in [0.1, 0.15) is 12.4 Å². The second-order valence-electron chi connectivity index (χ2n) is 5.73. The number of amides is 2. The van der Waals surface area contributed by atoms with Crippen LogP contribution in [0.25, 0.3) is 0 Å². The minimum atomic E-state index is -0.176. The van der Waals surface area contributed by atoms with Crippen LogP contribution in [-0.4, -0.2) is 38.2 Å². The van der Waals surface area contributed by atoms with Crippen molar-refractivity contribution in [1.29, 1.82) is 0 Å². The van der Waals surface area contributed by atoms with Crippen molar-refractivity contribution in [2.75, 3.05) is 42.3 Å². The standard InChI is InChI=1S/C20H25N3O4/c1-3-26-11-12-27-19-9-7-16(8-10-19)23-20(25)14-21-17-5-4-6-18(13-17)22-15(2)24/h4-10,13,21H,3,11-12,14H2,1-2H3,(H,22,24)(H,23,25). The van der Waals surface area contributed by atoms with Crippen molar-refractivity contribution >= 4 is 28.9 Å². The lowest BCUT2D eigenvalue weighted by atomic mass is 10.2. The first-order chi connectivity index (χ1) is 13.1. The minimum absolute atomic E-state index is 0.107. The molecule has 0 bridgehead atoms. The van der Waals surface area contributed by atoms with Crippen LogP contribution in [0.2, 0.25) is 0 Å². The number of rotatable bonds is 10. The summed E-state index contributed by atoms with van der Waals surface area (Å²) < 4.78 is 10.7. The Bertz CT molecular complexity index is 747. The zero-order chi connectivity index (χ0) is 19.5. The molecule has 0 aliphatic heterocycles. The highest BCUT2D eigenvalue weighted by Crippen LogP contribution is 2.17. The fourth-order valence-corrected chi connectivity index (χ4v) is 2.29. The van der Waals surface area contributed by atoms with Crippen LogP contribution >= 0.6 is 0 Å². The molecule has 2 aromatic rings. The Labute approximate surface area is 159 Å². The van der Waals surface area contributed by atoms with Crippen LogP contribution in [0.5, 0.6) is 5.75 Å². The number of anilines is 3. The maximum absolute atomic E-state index is 12.1. The van der Waals surface area contributed by atoms with Crippen molar-refractivity contribution in [1.82, 2.24) is 0 Å². The molecule has 0 saturated heterocycles. The quantitative estimate of drug-likeness (QED) is 0.559. The molecule has 0 aliphatic rings. The minimum Gasteiger partial charge on any atom is -0.491 e. The number of ether oxygens (including phenoxy) is 2. The van der Waals surface area contributed by atoms with E-state index in [0.29, 0.717) is 31.2 Å². The van der Waals surface area contributed by atoms with E-state index in [1.807, 2.05) is 13.0 Å². The summed E-state index contributed by atoms with van der Waals surface area (Å²) in [7, 11) is 0. The summed E-state index contributed by atoms with van der Waals surface area (Å²) in [6.45, 7) is 5.19. The van der Waals surface area contributed by atoms with Gasteiger partial charge < -0.3 is 25.4 Å². The average Bonchev–Trinajstić information content (AvgIpc) is 2.65. The average molecular weight is 371 g/mol. The van der Waals surface area contributed by atoms with Gasteiger partial charge in [-0.25, -0.2) is 0 Å². The first kappa shape index (κ1) is 20.3. The SMILES string of the molecule is CCOCCOc1ccc(NC(=O)CNc2cccc(NC(C)=O)c2)cc1. The number of nitrogens with one attached hydrogen (secondary N) is 3. The smallest absolute Gasteiger partial charge is 0.243 e. The molecule has 0 heterocycles.